The van der Waals surface area contributed by atoms with Crippen molar-refractivity contribution in [1.82, 2.24) is 5.32 Å². The molecule has 2 amide bonds. The third-order valence-electron chi connectivity index (χ3n) is 2.99. The Morgan fingerprint density at radius 3 is 2.25 bits per heavy atom. The molecule has 0 saturated carbocycles. The third-order valence-corrected chi connectivity index (χ3v) is 4.00. The maximum Gasteiger partial charge on any atom is 0.319 e. The number of benzene rings is 2. The van der Waals surface area contributed by atoms with Gasteiger partial charge in [-0.25, -0.2) is 4.79 Å². The van der Waals surface area contributed by atoms with Crippen LogP contribution in [0.1, 0.15) is 0 Å². The van der Waals surface area contributed by atoms with Crippen molar-refractivity contribution in [2.45, 2.75) is 9.79 Å². The van der Waals surface area contributed by atoms with Crippen molar-refractivity contribution in [3.8, 4) is 0 Å². The number of amides is 2. The summed E-state index contributed by atoms with van der Waals surface area (Å²) in [5.74, 6) is 0. The molecule has 2 rings (SSSR count). The molecule has 24 heavy (non-hydrogen) atoms. The monoisotopic (exact) mass is 347 g/mol. The lowest BCUT2D eigenvalue weighted by Crippen LogP contribution is -2.31. The Labute approximate surface area is 143 Å². The number of anilines is 1. The fourth-order valence-corrected chi connectivity index (χ4v) is 2.64. The molecule has 0 atom stereocenters. The van der Waals surface area contributed by atoms with Gasteiger partial charge in [-0.05, 0) is 36.4 Å². The van der Waals surface area contributed by atoms with E-state index in [0.717, 1.165) is 9.79 Å². The number of nitro benzene ring substituents is 1. The van der Waals surface area contributed by atoms with E-state index in [0.29, 0.717) is 18.8 Å². The summed E-state index contributed by atoms with van der Waals surface area (Å²) in [6.45, 7) is 0.897. The van der Waals surface area contributed by atoms with Gasteiger partial charge in [0.05, 0.1) is 11.5 Å². The van der Waals surface area contributed by atoms with E-state index in [9.17, 15) is 14.9 Å². The Balaban J connectivity index is 1.89. The molecule has 7 nitrogen and oxygen atoms in total. The third kappa shape index (κ3) is 5.56. The molecule has 0 aliphatic rings. The summed E-state index contributed by atoms with van der Waals surface area (Å²) in [5, 5.41) is 16.0. The molecule has 0 aromatic heterocycles. The maximum atomic E-state index is 11.6. The smallest absolute Gasteiger partial charge is 0.319 e. The zero-order valence-corrected chi connectivity index (χ0v) is 13.8. The topological polar surface area (TPSA) is 93.5 Å². The summed E-state index contributed by atoms with van der Waals surface area (Å²) in [4.78, 5) is 23.7. The van der Waals surface area contributed by atoms with E-state index in [4.69, 9.17) is 4.74 Å². The number of nitrogens with zero attached hydrogens (tertiary/aromatic N) is 1. The predicted molar refractivity (Wildman–Crippen MR) is 92.6 cm³/mol. The summed E-state index contributed by atoms with van der Waals surface area (Å²) in [6, 6.07) is 13.4. The molecule has 0 bridgehead atoms. The second kappa shape index (κ2) is 8.90. The Bertz CT molecular complexity index is 689. The van der Waals surface area contributed by atoms with Crippen molar-refractivity contribution in [2.75, 3.05) is 25.6 Å². The van der Waals surface area contributed by atoms with Gasteiger partial charge >= 0.3 is 6.03 Å². The number of hydrogen-bond acceptors (Lipinski definition) is 5. The quantitative estimate of drug-likeness (QED) is 0.454. The molecule has 8 heteroatoms. The molecular weight excluding hydrogens is 330 g/mol. The highest BCUT2D eigenvalue weighted by Crippen LogP contribution is 2.29. The average molecular weight is 347 g/mol. The summed E-state index contributed by atoms with van der Waals surface area (Å²) >= 11 is 1.48. The lowest BCUT2D eigenvalue weighted by Gasteiger charge is -2.08. The highest BCUT2D eigenvalue weighted by Gasteiger charge is 2.05. The first-order chi connectivity index (χ1) is 11.6. The average Bonchev–Trinajstić information content (AvgIpc) is 2.57. The minimum Gasteiger partial charge on any atom is -0.383 e. The van der Waals surface area contributed by atoms with Crippen LogP contribution in [0.3, 0.4) is 0 Å². The van der Waals surface area contributed by atoms with E-state index in [1.165, 1.54) is 23.9 Å². The minimum atomic E-state index is -0.424. The number of nitro groups is 1. The van der Waals surface area contributed by atoms with Crippen LogP contribution >= 0.6 is 11.8 Å². The number of carbonyl (C=O) groups is 1. The molecule has 126 valence electrons. The number of non-ortho nitro benzene ring substituents is 1. The van der Waals surface area contributed by atoms with Crippen molar-refractivity contribution in [3.05, 3.63) is 58.6 Å². The molecule has 0 aliphatic carbocycles. The van der Waals surface area contributed by atoms with Gasteiger partial charge in [0.1, 0.15) is 0 Å². The summed E-state index contributed by atoms with van der Waals surface area (Å²) in [5.41, 5.74) is 0.747. The van der Waals surface area contributed by atoms with Gasteiger partial charge in [-0.15, -0.1) is 0 Å². The molecule has 2 aromatic carbocycles. The largest absolute Gasteiger partial charge is 0.383 e. The van der Waals surface area contributed by atoms with Crippen LogP contribution < -0.4 is 10.6 Å². The number of nitrogens with one attached hydrogen (secondary N) is 2. The number of hydrogen-bond donors (Lipinski definition) is 2. The zero-order valence-electron chi connectivity index (χ0n) is 13.0. The van der Waals surface area contributed by atoms with Gasteiger partial charge in [0.25, 0.3) is 5.69 Å². The standard InChI is InChI=1S/C16H17N3O4S/c1-23-11-10-17-16(20)18-12-2-6-14(7-3-12)24-15-8-4-13(5-9-15)19(21)22/h2-9H,10-11H2,1H3,(H2,17,18,20). The van der Waals surface area contributed by atoms with E-state index >= 15 is 0 Å². The highest BCUT2D eigenvalue weighted by molar-refractivity contribution is 7.99. The van der Waals surface area contributed by atoms with Crippen molar-refractivity contribution < 1.29 is 14.5 Å². The van der Waals surface area contributed by atoms with Crippen LogP contribution in [-0.2, 0) is 4.74 Å². The van der Waals surface area contributed by atoms with Gasteiger partial charge in [0.2, 0.25) is 0 Å². The molecule has 2 N–H and O–H groups in total. The van der Waals surface area contributed by atoms with E-state index in [2.05, 4.69) is 10.6 Å². The van der Waals surface area contributed by atoms with E-state index in [1.54, 1.807) is 31.4 Å². The second-order valence-corrected chi connectivity index (χ2v) is 5.90. The maximum absolute atomic E-state index is 11.6. The molecule has 0 heterocycles. The van der Waals surface area contributed by atoms with E-state index < -0.39 is 4.92 Å². The molecule has 0 radical (unpaired) electrons. The molecule has 0 aliphatic heterocycles. The summed E-state index contributed by atoms with van der Waals surface area (Å²) in [7, 11) is 1.57. The molecule has 0 unspecified atom stereocenters. The molecule has 0 spiro atoms. The first-order valence-corrected chi connectivity index (χ1v) is 7.96. The fraction of sp³-hybridized carbons (Fsp3) is 0.188. The van der Waals surface area contributed by atoms with Gasteiger partial charge < -0.3 is 15.4 Å². The van der Waals surface area contributed by atoms with Gasteiger partial charge in [-0.1, -0.05) is 11.8 Å². The number of urea groups is 1. The Kier molecular flexibility index (Phi) is 6.59. The number of carbonyl (C=O) groups excluding carboxylic acids is 1. The Morgan fingerprint density at radius 2 is 1.71 bits per heavy atom. The lowest BCUT2D eigenvalue weighted by molar-refractivity contribution is -0.384. The van der Waals surface area contributed by atoms with Crippen LogP contribution in [0.25, 0.3) is 0 Å². The Hall–Kier alpha value is -2.58. The summed E-state index contributed by atoms with van der Waals surface area (Å²) < 4.78 is 4.85. The number of methoxy groups -OCH3 is 1. The zero-order chi connectivity index (χ0) is 17.4. The molecule has 2 aromatic rings. The summed E-state index contributed by atoms with van der Waals surface area (Å²) in [6.07, 6.45) is 0. The Morgan fingerprint density at radius 1 is 1.12 bits per heavy atom. The molecule has 0 saturated heterocycles. The van der Waals surface area contributed by atoms with Crippen LogP contribution in [0, 0.1) is 10.1 Å². The van der Waals surface area contributed by atoms with Crippen molar-refractivity contribution in [2.24, 2.45) is 0 Å². The number of rotatable bonds is 7. The van der Waals surface area contributed by atoms with Gasteiger partial charge in [0.15, 0.2) is 0 Å². The van der Waals surface area contributed by atoms with Crippen molar-refractivity contribution in [1.29, 1.82) is 0 Å². The van der Waals surface area contributed by atoms with Crippen LogP contribution in [0.5, 0.6) is 0 Å². The molecular formula is C16H17N3O4S. The van der Waals surface area contributed by atoms with Crippen molar-refractivity contribution in [3.63, 3.8) is 0 Å². The second-order valence-electron chi connectivity index (χ2n) is 4.75. The minimum absolute atomic E-state index is 0.0679. The van der Waals surface area contributed by atoms with Crippen molar-refractivity contribution >= 4 is 29.2 Å². The SMILES string of the molecule is COCCNC(=O)Nc1ccc(Sc2ccc([N+](=O)[O-])cc2)cc1. The highest BCUT2D eigenvalue weighted by atomic mass is 32.2. The first-order valence-electron chi connectivity index (χ1n) is 7.14. The molecule has 0 fully saturated rings. The predicted octanol–water partition coefficient (Wildman–Crippen LogP) is 3.51. The van der Waals surface area contributed by atoms with Crippen LogP contribution in [0.2, 0.25) is 0 Å². The number of ether oxygens (including phenoxy) is 1. The van der Waals surface area contributed by atoms with Gasteiger partial charge in [-0.2, -0.15) is 0 Å². The van der Waals surface area contributed by atoms with Gasteiger partial charge in [0, 0.05) is 41.3 Å². The first kappa shape index (κ1) is 17.8. The van der Waals surface area contributed by atoms with Crippen LogP contribution in [0.15, 0.2) is 58.3 Å². The van der Waals surface area contributed by atoms with Crippen LogP contribution in [0.4, 0.5) is 16.2 Å². The van der Waals surface area contributed by atoms with Crippen LogP contribution in [-0.4, -0.2) is 31.2 Å². The normalized spacial score (nSPS) is 10.2. The van der Waals surface area contributed by atoms with E-state index in [-0.39, 0.29) is 11.7 Å². The fourth-order valence-electron chi connectivity index (χ4n) is 1.82. The lowest BCUT2D eigenvalue weighted by atomic mass is 10.3. The van der Waals surface area contributed by atoms with E-state index in [1.807, 2.05) is 12.1 Å². The van der Waals surface area contributed by atoms with Gasteiger partial charge in [-0.3, -0.25) is 10.1 Å².